The Morgan fingerprint density at radius 1 is 1.24 bits per heavy atom. The summed E-state index contributed by atoms with van der Waals surface area (Å²) in [5, 5.41) is 0. The molecule has 1 saturated carbocycles. The summed E-state index contributed by atoms with van der Waals surface area (Å²) in [7, 11) is 3.41. The van der Waals surface area contributed by atoms with Crippen molar-refractivity contribution in [2.75, 3.05) is 14.2 Å². The summed E-state index contributed by atoms with van der Waals surface area (Å²) in [5.41, 5.74) is 8.52. The van der Waals surface area contributed by atoms with E-state index in [2.05, 4.69) is 13.0 Å². The van der Waals surface area contributed by atoms with Gasteiger partial charge in [0.25, 0.3) is 0 Å². The molecular formula is C14H21NO2. The highest BCUT2D eigenvalue weighted by atomic mass is 16.5. The van der Waals surface area contributed by atoms with Crippen LogP contribution in [0.3, 0.4) is 0 Å². The molecule has 17 heavy (non-hydrogen) atoms. The Bertz CT molecular complexity index is 411. The quantitative estimate of drug-likeness (QED) is 0.851. The molecule has 0 atom stereocenters. The van der Waals surface area contributed by atoms with Gasteiger partial charge in [0.2, 0.25) is 0 Å². The maximum Gasteiger partial charge on any atom is 0.128 e. The van der Waals surface area contributed by atoms with Crippen LogP contribution in [-0.4, -0.2) is 19.8 Å². The molecule has 0 radical (unpaired) electrons. The molecule has 1 fully saturated rings. The lowest BCUT2D eigenvalue weighted by molar-refractivity contribution is 0.381. The fourth-order valence-electron chi connectivity index (χ4n) is 2.29. The molecule has 1 aliphatic carbocycles. The minimum atomic E-state index is 0.00683. The second-order valence-electron chi connectivity index (χ2n) is 4.83. The van der Waals surface area contributed by atoms with Crippen molar-refractivity contribution in [3.05, 3.63) is 23.3 Å². The van der Waals surface area contributed by atoms with Crippen molar-refractivity contribution in [3.63, 3.8) is 0 Å². The Morgan fingerprint density at radius 3 is 2.41 bits per heavy atom. The Labute approximate surface area is 103 Å². The third-order valence-corrected chi connectivity index (χ3v) is 3.51. The van der Waals surface area contributed by atoms with E-state index in [1.165, 1.54) is 5.56 Å². The van der Waals surface area contributed by atoms with Crippen LogP contribution in [0, 0.1) is 0 Å². The van der Waals surface area contributed by atoms with E-state index >= 15 is 0 Å². The monoisotopic (exact) mass is 235 g/mol. The van der Waals surface area contributed by atoms with E-state index in [9.17, 15) is 0 Å². The van der Waals surface area contributed by atoms with Crippen molar-refractivity contribution >= 4 is 0 Å². The first-order chi connectivity index (χ1) is 8.13. The zero-order valence-electron chi connectivity index (χ0n) is 10.9. The Kier molecular flexibility index (Phi) is 3.29. The van der Waals surface area contributed by atoms with Gasteiger partial charge in [0.15, 0.2) is 0 Å². The van der Waals surface area contributed by atoms with Gasteiger partial charge in [0.1, 0.15) is 11.5 Å². The molecule has 1 aliphatic rings. The van der Waals surface area contributed by atoms with Crippen LogP contribution in [0.4, 0.5) is 0 Å². The van der Waals surface area contributed by atoms with E-state index in [1.54, 1.807) is 14.2 Å². The van der Waals surface area contributed by atoms with Crippen molar-refractivity contribution in [3.8, 4) is 11.5 Å². The SMILES string of the molecule is CCc1c(OC)ccc(CC2(N)CC2)c1OC. The van der Waals surface area contributed by atoms with Crippen LogP contribution in [0.1, 0.15) is 30.9 Å². The van der Waals surface area contributed by atoms with Gasteiger partial charge in [-0.25, -0.2) is 0 Å². The molecule has 0 amide bonds. The Hall–Kier alpha value is -1.22. The summed E-state index contributed by atoms with van der Waals surface area (Å²) in [5.74, 6) is 1.85. The first-order valence-electron chi connectivity index (χ1n) is 6.15. The molecule has 0 spiro atoms. The molecule has 0 unspecified atom stereocenters. The van der Waals surface area contributed by atoms with E-state index in [0.717, 1.165) is 42.7 Å². The number of benzene rings is 1. The lowest BCUT2D eigenvalue weighted by atomic mass is 9.99. The standard InChI is InChI=1S/C14H21NO2/c1-4-11-12(16-2)6-5-10(13(11)17-3)9-14(15)7-8-14/h5-6H,4,7-9,15H2,1-3H3. The number of nitrogens with two attached hydrogens (primary N) is 1. The van der Waals surface area contributed by atoms with Gasteiger partial charge in [-0.05, 0) is 37.3 Å². The van der Waals surface area contributed by atoms with Crippen molar-refractivity contribution in [2.24, 2.45) is 5.73 Å². The number of rotatable bonds is 5. The van der Waals surface area contributed by atoms with Crippen molar-refractivity contribution in [1.82, 2.24) is 0 Å². The molecule has 0 saturated heterocycles. The minimum Gasteiger partial charge on any atom is -0.496 e. The smallest absolute Gasteiger partial charge is 0.128 e. The number of hydrogen-bond acceptors (Lipinski definition) is 3. The number of ether oxygens (including phenoxy) is 2. The lowest BCUT2D eigenvalue weighted by Crippen LogP contribution is -2.24. The summed E-state index contributed by atoms with van der Waals surface area (Å²) in [6, 6.07) is 4.09. The van der Waals surface area contributed by atoms with E-state index < -0.39 is 0 Å². The predicted octanol–water partition coefficient (Wildman–Crippen LogP) is 2.30. The Morgan fingerprint density at radius 2 is 1.94 bits per heavy atom. The van der Waals surface area contributed by atoms with Gasteiger partial charge in [0, 0.05) is 11.1 Å². The third-order valence-electron chi connectivity index (χ3n) is 3.51. The first kappa shape index (κ1) is 12.2. The first-order valence-corrected chi connectivity index (χ1v) is 6.15. The maximum atomic E-state index is 6.18. The molecule has 0 aromatic heterocycles. The van der Waals surface area contributed by atoms with Crippen molar-refractivity contribution in [1.29, 1.82) is 0 Å². The molecule has 3 heteroatoms. The van der Waals surface area contributed by atoms with Gasteiger partial charge in [-0.2, -0.15) is 0 Å². The van der Waals surface area contributed by atoms with Crippen molar-refractivity contribution in [2.45, 2.75) is 38.1 Å². The molecule has 1 aromatic rings. The molecule has 2 rings (SSSR count). The molecule has 3 nitrogen and oxygen atoms in total. The topological polar surface area (TPSA) is 44.5 Å². The van der Waals surface area contributed by atoms with E-state index in [-0.39, 0.29) is 5.54 Å². The summed E-state index contributed by atoms with van der Waals surface area (Å²) in [6.07, 6.45) is 4.03. The molecule has 1 aromatic carbocycles. The number of methoxy groups -OCH3 is 2. The summed E-state index contributed by atoms with van der Waals surface area (Å²) >= 11 is 0. The van der Waals surface area contributed by atoms with E-state index in [1.807, 2.05) is 6.07 Å². The van der Waals surface area contributed by atoms with Crippen molar-refractivity contribution < 1.29 is 9.47 Å². The number of hydrogen-bond donors (Lipinski definition) is 1. The van der Waals surface area contributed by atoms with Crippen LogP contribution in [-0.2, 0) is 12.8 Å². The molecular weight excluding hydrogens is 214 g/mol. The zero-order valence-corrected chi connectivity index (χ0v) is 10.9. The fraction of sp³-hybridized carbons (Fsp3) is 0.571. The second kappa shape index (κ2) is 4.57. The normalized spacial score (nSPS) is 16.7. The van der Waals surface area contributed by atoms with Gasteiger partial charge in [-0.1, -0.05) is 13.0 Å². The van der Waals surface area contributed by atoms with Gasteiger partial charge in [-0.15, -0.1) is 0 Å². The highest BCUT2D eigenvalue weighted by molar-refractivity contribution is 5.51. The zero-order chi connectivity index (χ0) is 12.5. The summed E-state index contributed by atoms with van der Waals surface area (Å²) in [4.78, 5) is 0. The average Bonchev–Trinajstić information content (AvgIpc) is 3.06. The molecule has 0 bridgehead atoms. The lowest BCUT2D eigenvalue weighted by Gasteiger charge is -2.18. The molecule has 2 N–H and O–H groups in total. The van der Waals surface area contributed by atoms with Crippen LogP contribution < -0.4 is 15.2 Å². The van der Waals surface area contributed by atoms with Gasteiger partial charge < -0.3 is 15.2 Å². The van der Waals surface area contributed by atoms with Crippen LogP contribution in [0.5, 0.6) is 11.5 Å². The van der Waals surface area contributed by atoms with Gasteiger partial charge in [0.05, 0.1) is 14.2 Å². The summed E-state index contributed by atoms with van der Waals surface area (Å²) < 4.78 is 10.9. The van der Waals surface area contributed by atoms with Crippen LogP contribution in [0.25, 0.3) is 0 Å². The third kappa shape index (κ3) is 2.39. The minimum absolute atomic E-state index is 0.00683. The Balaban J connectivity index is 2.38. The van der Waals surface area contributed by atoms with Crippen LogP contribution in [0.15, 0.2) is 12.1 Å². The summed E-state index contributed by atoms with van der Waals surface area (Å²) in [6.45, 7) is 2.11. The highest BCUT2D eigenvalue weighted by Gasteiger charge is 2.39. The van der Waals surface area contributed by atoms with E-state index in [0.29, 0.717) is 0 Å². The maximum absolute atomic E-state index is 6.18. The average molecular weight is 235 g/mol. The molecule has 94 valence electrons. The van der Waals surface area contributed by atoms with Crippen LogP contribution >= 0.6 is 0 Å². The van der Waals surface area contributed by atoms with Crippen LogP contribution in [0.2, 0.25) is 0 Å². The predicted molar refractivity (Wildman–Crippen MR) is 68.8 cm³/mol. The van der Waals surface area contributed by atoms with Gasteiger partial charge in [-0.3, -0.25) is 0 Å². The highest BCUT2D eigenvalue weighted by Crippen LogP contribution is 2.40. The van der Waals surface area contributed by atoms with Gasteiger partial charge >= 0.3 is 0 Å². The molecule has 0 heterocycles. The largest absolute Gasteiger partial charge is 0.496 e. The van der Waals surface area contributed by atoms with E-state index in [4.69, 9.17) is 15.2 Å². The second-order valence-corrected chi connectivity index (χ2v) is 4.83. The molecule has 0 aliphatic heterocycles. The fourth-order valence-corrected chi connectivity index (χ4v) is 2.29.